The van der Waals surface area contributed by atoms with Crippen LogP contribution in [0.5, 0.6) is 5.75 Å². The van der Waals surface area contributed by atoms with Crippen molar-refractivity contribution in [1.29, 1.82) is 0 Å². The fourth-order valence-electron chi connectivity index (χ4n) is 3.41. The van der Waals surface area contributed by atoms with Crippen LogP contribution in [0, 0.1) is 20.8 Å². The van der Waals surface area contributed by atoms with Crippen LogP contribution in [0.4, 0.5) is 5.95 Å². The topological polar surface area (TPSA) is 84.9 Å². The highest BCUT2D eigenvalue weighted by Gasteiger charge is 2.23. The van der Waals surface area contributed by atoms with Crippen molar-refractivity contribution in [2.45, 2.75) is 20.8 Å². The van der Waals surface area contributed by atoms with E-state index in [9.17, 15) is 9.59 Å². The predicted molar refractivity (Wildman–Crippen MR) is 108 cm³/mol. The Labute approximate surface area is 170 Å². The third-order valence-corrected chi connectivity index (χ3v) is 4.76. The van der Waals surface area contributed by atoms with Crippen LogP contribution in [-0.4, -0.2) is 66.1 Å². The molecule has 3 rings (SSSR count). The van der Waals surface area contributed by atoms with Crippen molar-refractivity contribution < 1.29 is 19.1 Å². The highest BCUT2D eigenvalue weighted by molar-refractivity contribution is 5.81. The maximum absolute atomic E-state index is 12.3. The quantitative estimate of drug-likeness (QED) is 0.684. The van der Waals surface area contributed by atoms with E-state index in [-0.39, 0.29) is 19.1 Å². The first-order valence-corrected chi connectivity index (χ1v) is 9.60. The van der Waals surface area contributed by atoms with Gasteiger partial charge in [0.15, 0.2) is 13.2 Å². The second kappa shape index (κ2) is 9.36. The maximum atomic E-state index is 12.3. The Morgan fingerprint density at radius 3 is 2.21 bits per heavy atom. The fourth-order valence-corrected chi connectivity index (χ4v) is 3.41. The van der Waals surface area contributed by atoms with Gasteiger partial charge in [0.1, 0.15) is 5.75 Å². The molecule has 8 heteroatoms. The SMILES string of the molecule is Cc1cc(C)c(OCC(=O)OCC(=O)N2CCN(c3ncccn3)CC2)c(C)c1. The largest absolute Gasteiger partial charge is 0.481 e. The second-order valence-electron chi connectivity index (χ2n) is 7.09. The van der Waals surface area contributed by atoms with E-state index in [1.54, 1.807) is 23.4 Å². The van der Waals surface area contributed by atoms with Crippen LogP contribution >= 0.6 is 0 Å². The Morgan fingerprint density at radius 2 is 1.59 bits per heavy atom. The number of carbonyl (C=O) groups excluding carboxylic acids is 2. The molecule has 0 aliphatic carbocycles. The first kappa shape index (κ1) is 20.6. The fraction of sp³-hybridized carbons (Fsp3) is 0.429. The number of aromatic nitrogens is 2. The molecule has 0 N–H and O–H groups in total. The molecule has 1 aliphatic heterocycles. The summed E-state index contributed by atoms with van der Waals surface area (Å²) in [5.74, 6) is 0.562. The number of benzene rings is 1. The number of amides is 1. The van der Waals surface area contributed by atoms with Crippen LogP contribution in [-0.2, 0) is 14.3 Å². The molecule has 1 aliphatic rings. The molecular weight excluding hydrogens is 372 g/mol. The van der Waals surface area contributed by atoms with Crippen molar-refractivity contribution in [3.8, 4) is 5.75 Å². The molecule has 2 heterocycles. The van der Waals surface area contributed by atoms with Gasteiger partial charge in [-0.25, -0.2) is 14.8 Å². The average molecular weight is 398 g/mol. The van der Waals surface area contributed by atoms with Crippen molar-refractivity contribution in [3.05, 3.63) is 47.3 Å². The van der Waals surface area contributed by atoms with E-state index in [4.69, 9.17) is 9.47 Å². The second-order valence-corrected chi connectivity index (χ2v) is 7.09. The standard InChI is InChI=1S/C21H26N4O4/c1-15-11-16(2)20(17(3)12-15)29-14-19(27)28-13-18(26)24-7-9-25(10-8-24)21-22-5-4-6-23-21/h4-6,11-12H,7-10,13-14H2,1-3H3. The van der Waals surface area contributed by atoms with Crippen molar-refractivity contribution in [2.24, 2.45) is 0 Å². The Kier molecular flexibility index (Phi) is 6.64. The van der Waals surface area contributed by atoms with Gasteiger partial charge in [0.05, 0.1) is 0 Å². The number of ether oxygens (including phenoxy) is 2. The molecule has 0 bridgehead atoms. The molecule has 0 spiro atoms. The minimum atomic E-state index is -0.561. The molecule has 1 aromatic heterocycles. The third kappa shape index (κ3) is 5.43. The molecule has 1 amide bonds. The zero-order valence-corrected chi connectivity index (χ0v) is 17.1. The number of rotatable bonds is 6. The van der Waals surface area contributed by atoms with Crippen LogP contribution < -0.4 is 9.64 Å². The molecule has 154 valence electrons. The van der Waals surface area contributed by atoms with Crippen LogP contribution in [0.3, 0.4) is 0 Å². The predicted octanol–water partition coefficient (Wildman–Crippen LogP) is 1.67. The highest BCUT2D eigenvalue weighted by Crippen LogP contribution is 2.24. The molecule has 29 heavy (non-hydrogen) atoms. The summed E-state index contributed by atoms with van der Waals surface area (Å²) >= 11 is 0. The van der Waals surface area contributed by atoms with Gasteiger partial charge in [-0.1, -0.05) is 17.7 Å². The molecule has 0 unspecified atom stereocenters. The molecule has 0 atom stereocenters. The van der Waals surface area contributed by atoms with Gasteiger partial charge in [-0.2, -0.15) is 0 Å². The molecule has 0 saturated carbocycles. The Balaban J connectivity index is 1.41. The van der Waals surface area contributed by atoms with Gasteiger partial charge in [0.2, 0.25) is 5.95 Å². The van der Waals surface area contributed by atoms with Crippen molar-refractivity contribution >= 4 is 17.8 Å². The zero-order valence-electron chi connectivity index (χ0n) is 17.1. The lowest BCUT2D eigenvalue weighted by Gasteiger charge is -2.34. The van der Waals surface area contributed by atoms with Crippen molar-refractivity contribution in [1.82, 2.24) is 14.9 Å². The number of hydrogen-bond acceptors (Lipinski definition) is 7. The first-order valence-electron chi connectivity index (χ1n) is 9.60. The lowest BCUT2D eigenvalue weighted by Crippen LogP contribution is -2.50. The molecule has 8 nitrogen and oxygen atoms in total. The average Bonchev–Trinajstić information content (AvgIpc) is 2.72. The van der Waals surface area contributed by atoms with Gasteiger partial charge in [0, 0.05) is 38.6 Å². The molecular formula is C21H26N4O4. The van der Waals surface area contributed by atoms with E-state index in [0.717, 1.165) is 16.7 Å². The van der Waals surface area contributed by atoms with Crippen molar-refractivity contribution in [2.75, 3.05) is 44.3 Å². The van der Waals surface area contributed by atoms with E-state index in [2.05, 4.69) is 9.97 Å². The van der Waals surface area contributed by atoms with E-state index in [1.807, 2.05) is 37.8 Å². The highest BCUT2D eigenvalue weighted by atomic mass is 16.6. The number of carbonyl (C=O) groups is 2. The number of nitrogens with zero attached hydrogens (tertiary/aromatic N) is 4. The summed E-state index contributed by atoms with van der Waals surface area (Å²) in [7, 11) is 0. The lowest BCUT2D eigenvalue weighted by atomic mass is 10.1. The summed E-state index contributed by atoms with van der Waals surface area (Å²) < 4.78 is 10.7. The number of hydrogen-bond donors (Lipinski definition) is 0. The Bertz CT molecular complexity index is 841. The summed E-state index contributed by atoms with van der Waals surface area (Å²) in [4.78, 5) is 36.5. The van der Waals surface area contributed by atoms with Gasteiger partial charge >= 0.3 is 5.97 Å². The van der Waals surface area contributed by atoms with Crippen LogP contribution in [0.15, 0.2) is 30.6 Å². The van der Waals surface area contributed by atoms with Gasteiger partial charge in [0.25, 0.3) is 5.91 Å². The maximum Gasteiger partial charge on any atom is 0.344 e. The minimum absolute atomic E-state index is 0.213. The number of aryl methyl sites for hydroxylation is 3. The summed E-state index contributed by atoms with van der Waals surface area (Å²) in [6.07, 6.45) is 3.39. The van der Waals surface area contributed by atoms with Gasteiger partial charge in [-0.3, -0.25) is 4.79 Å². The minimum Gasteiger partial charge on any atom is -0.481 e. The first-order chi connectivity index (χ1) is 13.9. The smallest absolute Gasteiger partial charge is 0.344 e. The summed E-state index contributed by atoms with van der Waals surface area (Å²) in [5.41, 5.74) is 3.07. The summed E-state index contributed by atoms with van der Waals surface area (Å²) in [6.45, 7) is 7.72. The molecule has 1 aromatic carbocycles. The molecule has 2 aromatic rings. The molecule has 0 radical (unpaired) electrons. The normalized spacial score (nSPS) is 13.9. The number of anilines is 1. The molecule has 1 fully saturated rings. The lowest BCUT2D eigenvalue weighted by molar-refractivity contribution is -0.153. The van der Waals surface area contributed by atoms with Gasteiger partial charge in [-0.05, 0) is 38.0 Å². The monoisotopic (exact) mass is 398 g/mol. The third-order valence-electron chi connectivity index (χ3n) is 4.76. The Hall–Kier alpha value is -3.16. The number of esters is 1. The van der Waals surface area contributed by atoms with E-state index >= 15 is 0 Å². The van der Waals surface area contributed by atoms with E-state index in [0.29, 0.717) is 37.9 Å². The zero-order chi connectivity index (χ0) is 20.8. The van der Waals surface area contributed by atoms with Crippen LogP contribution in [0.25, 0.3) is 0 Å². The van der Waals surface area contributed by atoms with Crippen LogP contribution in [0.1, 0.15) is 16.7 Å². The van der Waals surface area contributed by atoms with Gasteiger partial charge in [-0.15, -0.1) is 0 Å². The van der Waals surface area contributed by atoms with E-state index in [1.165, 1.54) is 0 Å². The Morgan fingerprint density at radius 1 is 0.966 bits per heavy atom. The van der Waals surface area contributed by atoms with E-state index < -0.39 is 5.97 Å². The number of piperazine rings is 1. The van der Waals surface area contributed by atoms with Crippen molar-refractivity contribution in [3.63, 3.8) is 0 Å². The molecule has 1 saturated heterocycles. The summed E-state index contributed by atoms with van der Waals surface area (Å²) in [5, 5.41) is 0. The van der Waals surface area contributed by atoms with Crippen LogP contribution in [0.2, 0.25) is 0 Å². The summed E-state index contributed by atoms with van der Waals surface area (Å²) in [6, 6.07) is 5.76. The van der Waals surface area contributed by atoms with Gasteiger partial charge < -0.3 is 19.3 Å².